The number of carbonyl (C=O) groups excluding carboxylic acids is 1. The first-order valence-electron chi connectivity index (χ1n) is 7.59. The summed E-state index contributed by atoms with van der Waals surface area (Å²) in [5, 5.41) is 13.7. The summed E-state index contributed by atoms with van der Waals surface area (Å²) in [5.74, 6) is -1.83. The zero-order valence-corrected chi connectivity index (χ0v) is 16.0. The van der Waals surface area contributed by atoms with Crippen LogP contribution in [0.5, 0.6) is 5.88 Å². The third kappa shape index (κ3) is 5.66. The van der Waals surface area contributed by atoms with E-state index in [1.165, 1.54) is 37.4 Å². The van der Waals surface area contributed by atoms with Crippen LogP contribution in [0.25, 0.3) is 0 Å². The van der Waals surface area contributed by atoms with Gasteiger partial charge in [-0.25, -0.2) is 23.0 Å². The number of sulfone groups is 1. The quantitative estimate of drug-likeness (QED) is 0.569. The van der Waals surface area contributed by atoms with Gasteiger partial charge in [0.25, 0.3) is 0 Å². The number of methoxy groups -OCH3 is 1. The molecule has 12 heteroatoms. The Kier molecular flexibility index (Phi) is 6.90. The highest BCUT2D eigenvalue weighted by Gasteiger charge is 2.20. The Labute approximate surface area is 165 Å². The normalized spacial score (nSPS) is 11.2. The lowest BCUT2D eigenvalue weighted by atomic mass is 10.2. The number of halogens is 1. The van der Waals surface area contributed by atoms with Crippen molar-refractivity contribution in [1.29, 1.82) is 0 Å². The van der Waals surface area contributed by atoms with Gasteiger partial charge in [0.15, 0.2) is 9.84 Å². The SMILES string of the molecule is COc1cc(Cl)nc(NC(=O)NC=CCS(=O)(=O)c2ccccc2C(=O)O)n1. The lowest BCUT2D eigenvalue weighted by Gasteiger charge is -2.06. The molecule has 28 heavy (non-hydrogen) atoms. The van der Waals surface area contributed by atoms with Crippen molar-refractivity contribution in [2.24, 2.45) is 0 Å². The number of urea groups is 1. The number of carboxylic acids is 1. The number of carboxylic acid groups (broad SMARTS) is 1. The fourth-order valence-electron chi connectivity index (χ4n) is 2.01. The number of hydrogen-bond acceptors (Lipinski definition) is 7. The lowest BCUT2D eigenvalue weighted by molar-refractivity contribution is 0.0692. The molecule has 1 aromatic carbocycles. The van der Waals surface area contributed by atoms with Crippen molar-refractivity contribution in [2.75, 3.05) is 18.2 Å². The molecular weight excluding hydrogens is 412 g/mol. The van der Waals surface area contributed by atoms with E-state index in [0.717, 1.165) is 12.3 Å². The lowest BCUT2D eigenvalue weighted by Crippen LogP contribution is -2.25. The molecule has 1 aromatic heterocycles. The number of nitrogens with one attached hydrogen (secondary N) is 2. The highest BCUT2D eigenvalue weighted by atomic mass is 35.5. The Morgan fingerprint density at radius 3 is 2.68 bits per heavy atom. The standard InChI is InChI=1S/C16H15ClN4O6S/c1-27-13-9-12(17)19-15(20-13)21-16(24)18-7-4-8-28(25,26)11-6-3-2-5-10(11)14(22)23/h2-7,9H,8H2,1H3,(H,22,23)(H2,18,19,20,21,24). The Bertz CT molecular complexity index is 1030. The van der Waals surface area contributed by atoms with Crippen LogP contribution in [0.2, 0.25) is 5.15 Å². The van der Waals surface area contributed by atoms with E-state index >= 15 is 0 Å². The van der Waals surface area contributed by atoms with Gasteiger partial charge in [-0.15, -0.1) is 0 Å². The Balaban J connectivity index is 1.99. The van der Waals surface area contributed by atoms with Crippen molar-refractivity contribution in [3.8, 4) is 5.88 Å². The topological polar surface area (TPSA) is 148 Å². The number of aromatic carboxylic acids is 1. The molecule has 10 nitrogen and oxygen atoms in total. The minimum atomic E-state index is -3.91. The first kappa shape index (κ1) is 21.1. The van der Waals surface area contributed by atoms with E-state index < -0.39 is 27.6 Å². The van der Waals surface area contributed by atoms with Crippen molar-refractivity contribution in [3.63, 3.8) is 0 Å². The van der Waals surface area contributed by atoms with E-state index in [2.05, 4.69) is 20.6 Å². The minimum absolute atomic E-state index is 0.0564. The highest BCUT2D eigenvalue weighted by molar-refractivity contribution is 7.91. The largest absolute Gasteiger partial charge is 0.481 e. The fourth-order valence-corrected chi connectivity index (χ4v) is 3.49. The zero-order chi connectivity index (χ0) is 20.7. The van der Waals surface area contributed by atoms with Crippen LogP contribution in [0.1, 0.15) is 10.4 Å². The Morgan fingerprint density at radius 1 is 1.29 bits per heavy atom. The number of hydrogen-bond donors (Lipinski definition) is 3. The van der Waals surface area contributed by atoms with Gasteiger partial charge in [0.2, 0.25) is 11.8 Å². The summed E-state index contributed by atoms with van der Waals surface area (Å²) in [6, 6.07) is 5.86. The smallest absolute Gasteiger partial charge is 0.337 e. The second-order valence-electron chi connectivity index (χ2n) is 5.14. The third-order valence-corrected chi connectivity index (χ3v) is 5.06. The maximum atomic E-state index is 12.3. The zero-order valence-electron chi connectivity index (χ0n) is 14.4. The summed E-state index contributed by atoms with van der Waals surface area (Å²) in [5.41, 5.74) is -0.325. The summed E-state index contributed by atoms with van der Waals surface area (Å²) in [6.45, 7) is 0. The predicted molar refractivity (Wildman–Crippen MR) is 100 cm³/mol. The number of carbonyl (C=O) groups is 2. The van der Waals surface area contributed by atoms with Crippen LogP contribution in [0.3, 0.4) is 0 Å². The van der Waals surface area contributed by atoms with Crippen LogP contribution < -0.4 is 15.4 Å². The molecule has 0 unspecified atom stereocenters. The van der Waals surface area contributed by atoms with Gasteiger partial charge < -0.3 is 15.2 Å². The van der Waals surface area contributed by atoms with Crippen molar-refractivity contribution in [2.45, 2.75) is 4.90 Å². The number of rotatable bonds is 7. The van der Waals surface area contributed by atoms with Crippen LogP contribution in [-0.4, -0.2) is 48.4 Å². The maximum Gasteiger partial charge on any atom is 0.337 e. The molecular formula is C16H15ClN4O6S. The molecule has 2 amide bonds. The Hall–Kier alpha value is -3.18. The molecule has 0 fully saturated rings. The molecule has 1 heterocycles. The van der Waals surface area contributed by atoms with Crippen LogP contribution >= 0.6 is 11.6 Å². The monoisotopic (exact) mass is 426 g/mol. The number of benzene rings is 1. The van der Waals surface area contributed by atoms with Gasteiger partial charge in [0.1, 0.15) is 5.15 Å². The number of aromatic nitrogens is 2. The summed E-state index contributed by atoms with van der Waals surface area (Å²) in [6.07, 6.45) is 2.25. The number of ether oxygens (including phenoxy) is 1. The average Bonchev–Trinajstić information content (AvgIpc) is 2.64. The Morgan fingerprint density at radius 2 is 2.00 bits per heavy atom. The van der Waals surface area contributed by atoms with E-state index in [1.807, 2.05) is 0 Å². The van der Waals surface area contributed by atoms with Crippen LogP contribution in [0, 0.1) is 0 Å². The van der Waals surface area contributed by atoms with Crippen LogP contribution in [0.4, 0.5) is 10.7 Å². The molecule has 0 atom stereocenters. The van der Waals surface area contributed by atoms with Crippen molar-refractivity contribution >= 4 is 39.4 Å². The molecule has 0 bridgehead atoms. The molecule has 2 rings (SSSR count). The van der Waals surface area contributed by atoms with Gasteiger partial charge in [-0.05, 0) is 12.1 Å². The van der Waals surface area contributed by atoms with Gasteiger partial charge in [-0.2, -0.15) is 4.98 Å². The molecule has 0 spiro atoms. The van der Waals surface area contributed by atoms with E-state index in [4.69, 9.17) is 21.4 Å². The summed E-state index contributed by atoms with van der Waals surface area (Å²) in [4.78, 5) is 30.3. The van der Waals surface area contributed by atoms with Gasteiger partial charge in [0, 0.05) is 12.3 Å². The van der Waals surface area contributed by atoms with Crippen molar-refractivity contribution in [1.82, 2.24) is 15.3 Å². The van der Waals surface area contributed by atoms with Crippen LogP contribution in [0.15, 0.2) is 47.5 Å². The minimum Gasteiger partial charge on any atom is -0.481 e. The second kappa shape index (κ2) is 9.15. The number of nitrogens with zero attached hydrogens (tertiary/aromatic N) is 2. The molecule has 0 saturated heterocycles. The van der Waals surface area contributed by atoms with Crippen molar-refractivity contribution in [3.05, 3.63) is 53.3 Å². The molecule has 3 N–H and O–H groups in total. The van der Waals surface area contributed by atoms with Crippen LogP contribution in [-0.2, 0) is 9.84 Å². The number of anilines is 1. The summed E-state index contributed by atoms with van der Waals surface area (Å²) in [7, 11) is -2.54. The van der Waals surface area contributed by atoms with Gasteiger partial charge in [0.05, 0.1) is 23.3 Å². The molecule has 0 aliphatic rings. The van der Waals surface area contributed by atoms with Gasteiger partial charge in [-0.1, -0.05) is 29.8 Å². The van der Waals surface area contributed by atoms with E-state index in [0.29, 0.717) is 0 Å². The van der Waals surface area contributed by atoms with Gasteiger partial charge >= 0.3 is 12.0 Å². The summed E-state index contributed by atoms with van der Waals surface area (Å²) >= 11 is 5.76. The highest BCUT2D eigenvalue weighted by Crippen LogP contribution is 2.17. The first-order valence-corrected chi connectivity index (χ1v) is 9.62. The molecule has 148 valence electrons. The van der Waals surface area contributed by atoms with Gasteiger partial charge in [-0.3, -0.25) is 5.32 Å². The molecule has 0 saturated carbocycles. The number of amides is 2. The predicted octanol–water partition coefficient (Wildman–Crippen LogP) is 1.95. The van der Waals surface area contributed by atoms with E-state index in [-0.39, 0.29) is 27.4 Å². The second-order valence-corrected chi connectivity index (χ2v) is 7.53. The molecule has 0 aliphatic carbocycles. The fraction of sp³-hybridized carbons (Fsp3) is 0.125. The third-order valence-electron chi connectivity index (χ3n) is 3.21. The van der Waals surface area contributed by atoms with Crippen molar-refractivity contribution < 1.29 is 27.9 Å². The van der Waals surface area contributed by atoms with E-state index in [9.17, 15) is 18.0 Å². The first-order chi connectivity index (χ1) is 13.2. The van der Waals surface area contributed by atoms with E-state index in [1.54, 1.807) is 0 Å². The maximum absolute atomic E-state index is 12.3. The molecule has 2 aromatic rings. The molecule has 0 aliphatic heterocycles. The summed E-state index contributed by atoms with van der Waals surface area (Å²) < 4.78 is 29.5. The average molecular weight is 427 g/mol. The molecule has 0 radical (unpaired) electrons.